The summed E-state index contributed by atoms with van der Waals surface area (Å²) in [5, 5.41) is 7.93. The minimum absolute atomic E-state index is 0.207. The van der Waals surface area contributed by atoms with Crippen LogP contribution in [0, 0.1) is 6.92 Å². The molecule has 0 saturated carbocycles. The normalized spacial score (nSPS) is 11.5. The summed E-state index contributed by atoms with van der Waals surface area (Å²) in [6.07, 6.45) is 0. The number of hydrogen-bond donors (Lipinski definition) is 2. The van der Waals surface area contributed by atoms with Gasteiger partial charge < -0.3 is 0 Å². The SMILES string of the molecule is Cc1cccc(CNS(=O)(=O)c2cc(-c3ccc(=O)[nH]n3)cs2)c1. The Hall–Kier alpha value is -2.29. The van der Waals surface area contributed by atoms with E-state index in [0.29, 0.717) is 11.3 Å². The van der Waals surface area contributed by atoms with Gasteiger partial charge in [0.2, 0.25) is 10.0 Å². The van der Waals surface area contributed by atoms with E-state index in [2.05, 4.69) is 14.9 Å². The summed E-state index contributed by atoms with van der Waals surface area (Å²) in [4.78, 5) is 11.0. The second-order valence-corrected chi connectivity index (χ2v) is 8.18. The number of hydrogen-bond acceptors (Lipinski definition) is 5. The largest absolute Gasteiger partial charge is 0.268 e. The van der Waals surface area contributed by atoms with Crippen molar-refractivity contribution in [2.45, 2.75) is 17.7 Å². The van der Waals surface area contributed by atoms with Gasteiger partial charge in [0.15, 0.2) is 0 Å². The van der Waals surface area contributed by atoms with E-state index in [4.69, 9.17) is 0 Å². The molecule has 6 nitrogen and oxygen atoms in total. The van der Waals surface area contributed by atoms with Crippen LogP contribution >= 0.6 is 11.3 Å². The first kappa shape index (κ1) is 16.6. The number of rotatable bonds is 5. The number of nitrogens with zero attached hydrogens (tertiary/aromatic N) is 1. The summed E-state index contributed by atoms with van der Waals surface area (Å²) in [6.45, 7) is 2.19. The average molecular weight is 361 g/mol. The summed E-state index contributed by atoms with van der Waals surface area (Å²) in [6, 6.07) is 12.1. The van der Waals surface area contributed by atoms with Crippen LogP contribution in [0.1, 0.15) is 11.1 Å². The van der Waals surface area contributed by atoms with Crippen LogP contribution < -0.4 is 10.3 Å². The zero-order chi connectivity index (χ0) is 17.2. The third-order valence-electron chi connectivity index (χ3n) is 3.36. The number of aromatic amines is 1. The lowest BCUT2D eigenvalue weighted by atomic mass is 10.1. The first-order valence-corrected chi connectivity index (χ1v) is 9.50. The molecule has 8 heteroatoms. The van der Waals surface area contributed by atoms with Gasteiger partial charge >= 0.3 is 0 Å². The lowest BCUT2D eigenvalue weighted by Crippen LogP contribution is -2.22. The van der Waals surface area contributed by atoms with Gasteiger partial charge in [-0.3, -0.25) is 4.79 Å². The predicted molar refractivity (Wildman–Crippen MR) is 93.4 cm³/mol. The maximum Gasteiger partial charge on any atom is 0.264 e. The maximum absolute atomic E-state index is 12.4. The third-order valence-corrected chi connectivity index (χ3v) is 6.20. The van der Waals surface area contributed by atoms with E-state index in [1.807, 2.05) is 31.2 Å². The topological polar surface area (TPSA) is 91.9 Å². The summed E-state index contributed by atoms with van der Waals surface area (Å²) >= 11 is 1.11. The summed E-state index contributed by atoms with van der Waals surface area (Å²) in [7, 11) is -3.60. The van der Waals surface area contributed by atoms with Gasteiger partial charge in [-0.05, 0) is 24.6 Å². The number of nitrogens with one attached hydrogen (secondary N) is 2. The molecule has 0 radical (unpaired) electrons. The summed E-state index contributed by atoms with van der Waals surface area (Å²) in [5.41, 5.74) is 2.84. The molecule has 2 heterocycles. The lowest BCUT2D eigenvalue weighted by molar-refractivity contribution is 0.583. The highest BCUT2D eigenvalue weighted by molar-refractivity contribution is 7.91. The fourth-order valence-corrected chi connectivity index (χ4v) is 4.40. The van der Waals surface area contributed by atoms with Crippen molar-refractivity contribution in [3.05, 3.63) is 69.3 Å². The van der Waals surface area contributed by atoms with Gasteiger partial charge in [-0.2, -0.15) is 5.10 Å². The first-order valence-electron chi connectivity index (χ1n) is 7.14. The van der Waals surface area contributed by atoms with Crippen molar-refractivity contribution in [2.24, 2.45) is 0 Å². The minimum Gasteiger partial charge on any atom is -0.268 e. The maximum atomic E-state index is 12.4. The van der Waals surface area contributed by atoms with E-state index in [-0.39, 0.29) is 16.3 Å². The van der Waals surface area contributed by atoms with E-state index < -0.39 is 10.0 Å². The second kappa shape index (κ2) is 6.68. The Morgan fingerprint density at radius 2 is 2.04 bits per heavy atom. The van der Waals surface area contributed by atoms with Crippen molar-refractivity contribution in [3.63, 3.8) is 0 Å². The van der Waals surface area contributed by atoms with Crippen LogP contribution in [0.2, 0.25) is 0 Å². The van der Waals surface area contributed by atoms with E-state index in [1.165, 1.54) is 6.07 Å². The Bertz CT molecular complexity index is 1000. The molecule has 2 aromatic heterocycles. The number of aryl methyl sites for hydroxylation is 1. The molecule has 2 N–H and O–H groups in total. The Morgan fingerprint density at radius 1 is 1.21 bits per heavy atom. The first-order chi connectivity index (χ1) is 11.4. The van der Waals surface area contributed by atoms with Crippen LogP contribution in [-0.4, -0.2) is 18.6 Å². The molecule has 3 aromatic rings. The fourth-order valence-electron chi connectivity index (χ4n) is 2.17. The third kappa shape index (κ3) is 3.78. The van der Waals surface area contributed by atoms with Crippen LogP contribution in [0.15, 0.2) is 56.8 Å². The molecule has 0 amide bonds. The number of H-pyrrole nitrogens is 1. The zero-order valence-electron chi connectivity index (χ0n) is 12.8. The van der Waals surface area contributed by atoms with Crippen LogP contribution in [0.3, 0.4) is 0 Å². The molecule has 0 atom stereocenters. The molecule has 0 saturated heterocycles. The van der Waals surface area contributed by atoms with Crippen molar-refractivity contribution in [2.75, 3.05) is 0 Å². The zero-order valence-corrected chi connectivity index (χ0v) is 14.4. The molecule has 0 aliphatic rings. The quantitative estimate of drug-likeness (QED) is 0.729. The highest BCUT2D eigenvalue weighted by atomic mass is 32.2. The Balaban J connectivity index is 1.78. The van der Waals surface area contributed by atoms with Gasteiger partial charge in [0.1, 0.15) is 4.21 Å². The molecule has 1 aromatic carbocycles. The second-order valence-electron chi connectivity index (χ2n) is 5.27. The Labute approximate surface area is 143 Å². The number of sulfonamides is 1. The van der Waals surface area contributed by atoms with Crippen LogP contribution in [0.4, 0.5) is 0 Å². The molecular formula is C16H15N3O3S2. The molecule has 0 spiro atoms. The lowest BCUT2D eigenvalue weighted by Gasteiger charge is -2.05. The molecule has 0 bridgehead atoms. The standard InChI is InChI=1S/C16H15N3O3S2/c1-11-3-2-4-12(7-11)9-17-24(21,22)16-8-13(10-23-16)14-5-6-15(20)19-18-14/h2-8,10,17H,9H2,1H3,(H,19,20). The van der Waals surface area contributed by atoms with Crippen molar-refractivity contribution in [3.8, 4) is 11.3 Å². The summed E-state index contributed by atoms with van der Waals surface area (Å²) in [5.74, 6) is 0. The molecule has 124 valence electrons. The van der Waals surface area contributed by atoms with E-state index in [9.17, 15) is 13.2 Å². The molecule has 0 fully saturated rings. The monoisotopic (exact) mass is 361 g/mol. The van der Waals surface area contributed by atoms with E-state index in [1.54, 1.807) is 17.5 Å². The molecular weight excluding hydrogens is 346 g/mol. The van der Waals surface area contributed by atoms with Gasteiger partial charge in [-0.15, -0.1) is 11.3 Å². The van der Waals surface area contributed by atoms with Crippen LogP contribution in [0.5, 0.6) is 0 Å². The smallest absolute Gasteiger partial charge is 0.264 e. The van der Waals surface area contributed by atoms with E-state index >= 15 is 0 Å². The van der Waals surface area contributed by atoms with Gasteiger partial charge in [0.25, 0.3) is 5.56 Å². The predicted octanol–water partition coefficient (Wildman–Crippen LogP) is 2.29. The molecule has 0 unspecified atom stereocenters. The summed E-state index contributed by atoms with van der Waals surface area (Å²) < 4.78 is 27.6. The van der Waals surface area contributed by atoms with Crippen LogP contribution in [-0.2, 0) is 16.6 Å². The molecule has 0 aliphatic heterocycles. The highest BCUT2D eigenvalue weighted by Gasteiger charge is 2.17. The van der Waals surface area contributed by atoms with Crippen molar-refractivity contribution in [1.82, 2.24) is 14.9 Å². The van der Waals surface area contributed by atoms with Crippen molar-refractivity contribution < 1.29 is 8.42 Å². The van der Waals surface area contributed by atoms with Gasteiger partial charge in [-0.1, -0.05) is 29.8 Å². The fraction of sp³-hybridized carbons (Fsp3) is 0.125. The van der Waals surface area contributed by atoms with Gasteiger partial charge in [0.05, 0.1) is 5.69 Å². The number of aromatic nitrogens is 2. The Morgan fingerprint density at radius 3 is 2.75 bits per heavy atom. The Kier molecular flexibility index (Phi) is 4.61. The molecule has 3 rings (SSSR count). The van der Waals surface area contributed by atoms with E-state index in [0.717, 1.165) is 22.5 Å². The van der Waals surface area contributed by atoms with Gasteiger partial charge in [-0.25, -0.2) is 18.2 Å². The van der Waals surface area contributed by atoms with Crippen LogP contribution in [0.25, 0.3) is 11.3 Å². The molecule has 24 heavy (non-hydrogen) atoms. The van der Waals surface area contributed by atoms with Crippen molar-refractivity contribution >= 4 is 21.4 Å². The number of benzene rings is 1. The molecule has 0 aliphatic carbocycles. The van der Waals surface area contributed by atoms with Gasteiger partial charge in [0, 0.05) is 23.6 Å². The average Bonchev–Trinajstić information content (AvgIpc) is 3.05. The van der Waals surface area contributed by atoms with Crippen molar-refractivity contribution in [1.29, 1.82) is 0 Å². The minimum atomic E-state index is -3.60. The highest BCUT2D eigenvalue weighted by Crippen LogP contribution is 2.26. The number of thiophene rings is 1.